The quantitative estimate of drug-likeness (QED) is 0.288. The number of hydrogen-bond acceptors (Lipinski definition) is 8. The maximum Gasteiger partial charge on any atom is 0.248 e. The summed E-state index contributed by atoms with van der Waals surface area (Å²) in [6, 6.07) is 6.46. The third kappa shape index (κ3) is 7.58. The molecule has 6 N–H and O–H groups in total. The normalized spacial score (nSPS) is 20.2. The molecule has 0 radical (unpaired) electrons. The Kier molecular flexibility index (Phi) is 10.1. The lowest BCUT2D eigenvalue weighted by Gasteiger charge is -2.39. The van der Waals surface area contributed by atoms with Gasteiger partial charge in [-0.15, -0.1) is 11.3 Å². The number of hydrogen-bond donors (Lipinski definition) is 4. The average molecular weight is 557 g/mol. The highest BCUT2D eigenvalue weighted by molar-refractivity contribution is 7.13. The zero-order valence-corrected chi connectivity index (χ0v) is 24.8. The summed E-state index contributed by atoms with van der Waals surface area (Å²) in [5.74, 6) is 6.07. The first-order chi connectivity index (χ1) is 18.5. The fourth-order valence-corrected chi connectivity index (χ4v) is 5.65. The Morgan fingerprint density at radius 2 is 1.90 bits per heavy atom. The molecule has 1 saturated carbocycles. The molecule has 214 valence electrons. The minimum atomic E-state index is -0.777. The highest BCUT2D eigenvalue weighted by Crippen LogP contribution is 2.35. The van der Waals surface area contributed by atoms with E-state index in [4.69, 9.17) is 11.6 Å². The fraction of sp³-hybridized carbons (Fsp3) is 0.552. The number of aliphatic hydroxyl groups excluding tert-OH is 1. The van der Waals surface area contributed by atoms with Crippen molar-refractivity contribution in [2.75, 3.05) is 6.54 Å². The molecule has 1 aromatic carbocycles. The zero-order chi connectivity index (χ0) is 28.9. The summed E-state index contributed by atoms with van der Waals surface area (Å²) in [6.45, 7) is 12.2. The van der Waals surface area contributed by atoms with E-state index in [1.165, 1.54) is 9.91 Å². The maximum atomic E-state index is 13.8. The van der Waals surface area contributed by atoms with Crippen LogP contribution in [0.4, 0.5) is 0 Å². The molecule has 9 nitrogen and oxygen atoms in total. The summed E-state index contributed by atoms with van der Waals surface area (Å²) in [7, 11) is 0. The van der Waals surface area contributed by atoms with Gasteiger partial charge >= 0.3 is 0 Å². The molecule has 2 aliphatic rings. The fourth-order valence-electron chi connectivity index (χ4n) is 4.84. The van der Waals surface area contributed by atoms with Crippen LogP contribution in [0.15, 0.2) is 41.7 Å². The molecule has 1 aromatic heterocycles. The van der Waals surface area contributed by atoms with Gasteiger partial charge in [0.15, 0.2) is 0 Å². The van der Waals surface area contributed by atoms with Gasteiger partial charge in [0.25, 0.3) is 0 Å². The van der Waals surface area contributed by atoms with E-state index in [1.807, 2.05) is 71.3 Å². The number of carbonyl (C=O) groups is 2. The van der Waals surface area contributed by atoms with Gasteiger partial charge in [0.2, 0.25) is 11.8 Å². The van der Waals surface area contributed by atoms with Gasteiger partial charge in [-0.3, -0.25) is 9.59 Å². The minimum Gasteiger partial charge on any atom is -0.401 e. The molecule has 2 aromatic rings. The topological polar surface area (TPSA) is 138 Å². The molecular formula is C29H44N6O3S. The lowest BCUT2D eigenvalue weighted by molar-refractivity contribution is -0.145. The van der Waals surface area contributed by atoms with Crippen LogP contribution in [-0.4, -0.2) is 56.5 Å². The van der Waals surface area contributed by atoms with Crippen LogP contribution in [0.1, 0.15) is 65.1 Å². The monoisotopic (exact) mass is 556 g/mol. The Morgan fingerprint density at radius 1 is 1.26 bits per heavy atom. The minimum absolute atomic E-state index is 0.0854. The molecule has 2 amide bonds. The number of β-amino-alcohol motifs (C(OH)–C–C–N with tert-alkyl or cyclic N) is 1. The van der Waals surface area contributed by atoms with Crippen molar-refractivity contribution in [1.82, 2.24) is 20.2 Å². The molecule has 39 heavy (non-hydrogen) atoms. The Labute approximate surface area is 236 Å². The van der Waals surface area contributed by atoms with Gasteiger partial charge < -0.3 is 26.1 Å². The van der Waals surface area contributed by atoms with E-state index in [-0.39, 0.29) is 24.8 Å². The molecule has 0 bridgehead atoms. The van der Waals surface area contributed by atoms with Crippen LogP contribution < -0.4 is 16.9 Å². The van der Waals surface area contributed by atoms with Crippen molar-refractivity contribution in [2.45, 2.75) is 85.5 Å². The number of nitrogens with two attached hydrogens (primary N) is 2. The first kappa shape index (κ1) is 30.6. The van der Waals surface area contributed by atoms with Crippen molar-refractivity contribution >= 4 is 23.2 Å². The summed E-state index contributed by atoms with van der Waals surface area (Å²) in [6.07, 6.45) is 3.10. The van der Waals surface area contributed by atoms with Crippen LogP contribution >= 0.6 is 11.3 Å². The van der Waals surface area contributed by atoms with Gasteiger partial charge in [-0.25, -0.2) is 10.8 Å². The second kappa shape index (κ2) is 12.9. The lowest BCUT2D eigenvalue weighted by Crippen LogP contribution is -2.58. The van der Waals surface area contributed by atoms with E-state index < -0.39 is 23.6 Å². The number of aromatic nitrogens is 1. The van der Waals surface area contributed by atoms with Gasteiger partial charge in [0.05, 0.1) is 22.2 Å². The third-order valence-corrected chi connectivity index (χ3v) is 7.97. The molecule has 1 unspecified atom stereocenters. The molecule has 10 heteroatoms. The van der Waals surface area contributed by atoms with Crippen LogP contribution in [0.3, 0.4) is 0 Å². The summed E-state index contributed by atoms with van der Waals surface area (Å²) in [5, 5.41) is 14.7. The number of carbonyl (C=O) groups excluding carboxylic acids is 2. The highest BCUT2D eigenvalue weighted by Gasteiger charge is 2.45. The van der Waals surface area contributed by atoms with Crippen molar-refractivity contribution in [3.63, 3.8) is 0 Å². The predicted molar refractivity (Wildman–Crippen MR) is 156 cm³/mol. The Bertz CT molecular complexity index is 1150. The van der Waals surface area contributed by atoms with Crippen molar-refractivity contribution < 1.29 is 14.7 Å². The number of allylic oxidation sites excluding steroid dienone is 1. The first-order valence-electron chi connectivity index (χ1n) is 13.7. The van der Waals surface area contributed by atoms with Gasteiger partial charge in [-0.2, -0.15) is 0 Å². The SMILES string of the molecule is CC.Cc1ncsc1-c1ccc(CNC(=O)[C@@H]2C[C@@H](O)CN2C(=O)C(N(N)/C=C(\N)C2CC2)C(C)(C)C)cc1. The number of thiazole rings is 1. The number of nitrogens with zero attached hydrogens (tertiary/aromatic N) is 3. The maximum absolute atomic E-state index is 13.8. The van der Waals surface area contributed by atoms with Crippen LogP contribution in [0.25, 0.3) is 10.4 Å². The average Bonchev–Trinajstić information content (AvgIpc) is 3.54. The van der Waals surface area contributed by atoms with Gasteiger partial charge in [0, 0.05) is 37.3 Å². The molecule has 2 heterocycles. The number of aliphatic hydroxyl groups is 1. The van der Waals surface area contributed by atoms with E-state index in [0.29, 0.717) is 18.2 Å². The smallest absolute Gasteiger partial charge is 0.248 e. The summed E-state index contributed by atoms with van der Waals surface area (Å²) in [5.41, 5.74) is 11.1. The molecule has 4 rings (SSSR count). The molecule has 1 aliphatic heterocycles. The van der Waals surface area contributed by atoms with Gasteiger partial charge in [0.1, 0.15) is 12.1 Å². The molecule has 2 fully saturated rings. The van der Waals surface area contributed by atoms with Crippen LogP contribution in [0.2, 0.25) is 0 Å². The predicted octanol–water partition coefficient (Wildman–Crippen LogP) is 3.52. The molecule has 0 spiro atoms. The van der Waals surface area contributed by atoms with Crippen LogP contribution in [0, 0.1) is 18.3 Å². The van der Waals surface area contributed by atoms with Crippen molar-refractivity contribution in [3.8, 4) is 10.4 Å². The molecule has 1 aliphatic carbocycles. The van der Waals surface area contributed by atoms with E-state index in [0.717, 1.165) is 34.5 Å². The summed E-state index contributed by atoms with van der Waals surface area (Å²) < 4.78 is 0. The number of nitrogens with one attached hydrogen (secondary N) is 1. The van der Waals surface area contributed by atoms with Crippen molar-refractivity contribution in [3.05, 3.63) is 52.9 Å². The molecule has 1 saturated heterocycles. The van der Waals surface area contributed by atoms with E-state index in [2.05, 4.69) is 10.3 Å². The summed E-state index contributed by atoms with van der Waals surface area (Å²) in [4.78, 5) is 33.8. The number of hydrazine groups is 1. The molecular weight excluding hydrogens is 512 g/mol. The van der Waals surface area contributed by atoms with Gasteiger partial charge in [-0.1, -0.05) is 58.9 Å². The number of rotatable bonds is 8. The third-order valence-electron chi connectivity index (χ3n) is 6.99. The number of aryl methyl sites for hydroxylation is 1. The second-order valence-electron chi connectivity index (χ2n) is 11.2. The second-order valence-corrected chi connectivity index (χ2v) is 12.1. The Hall–Kier alpha value is -2.95. The number of amides is 2. The van der Waals surface area contributed by atoms with Gasteiger partial charge in [-0.05, 0) is 36.3 Å². The standard InChI is InChI=1S/C27H38N6O3S.C2H6/c1-16-23(37-15-31-16)19-7-5-17(6-8-19)12-30-25(35)22-11-20(34)13-32(22)26(36)24(27(2,3)4)33(29)14-21(28)18-9-10-18;1-2/h5-8,14-15,18,20,22,24,34H,9-13,28-29H2,1-4H3,(H,30,35);1-2H3/b21-14-;/t20-,22+,24?;/m1./s1. The molecule has 3 atom stereocenters. The number of benzene rings is 1. The van der Waals surface area contributed by atoms with Crippen molar-refractivity contribution in [1.29, 1.82) is 0 Å². The highest BCUT2D eigenvalue weighted by atomic mass is 32.1. The Morgan fingerprint density at radius 3 is 2.44 bits per heavy atom. The first-order valence-corrected chi connectivity index (χ1v) is 14.6. The summed E-state index contributed by atoms with van der Waals surface area (Å²) >= 11 is 1.60. The van der Waals surface area contributed by atoms with Crippen molar-refractivity contribution in [2.24, 2.45) is 22.9 Å². The van der Waals surface area contributed by atoms with E-state index in [1.54, 1.807) is 17.5 Å². The zero-order valence-electron chi connectivity index (χ0n) is 24.0. The Balaban J connectivity index is 0.00000205. The largest absolute Gasteiger partial charge is 0.401 e. The number of likely N-dealkylation sites (tertiary alicyclic amines) is 1. The van der Waals surface area contributed by atoms with E-state index in [9.17, 15) is 14.7 Å². The van der Waals surface area contributed by atoms with E-state index >= 15 is 0 Å². The van der Waals surface area contributed by atoms with Crippen LogP contribution in [-0.2, 0) is 16.1 Å². The lowest BCUT2D eigenvalue weighted by atomic mass is 9.85. The van der Waals surface area contributed by atoms with Crippen LogP contribution in [0.5, 0.6) is 0 Å².